The Bertz CT molecular complexity index is 906. The third kappa shape index (κ3) is 2.48. The zero-order chi connectivity index (χ0) is 18.5. The minimum Gasteiger partial charge on any atom is -0.361 e. The van der Waals surface area contributed by atoms with Crippen LogP contribution in [0.15, 0.2) is 30.5 Å². The fourth-order valence-corrected chi connectivity index (χ4v) is 4.35. The average Bonchev–Trinajstić information content (AvgIpc) is 3.05. The summed E-state index contributed by atoms with van der Waals surface area (Å²) in [5.41, 5.74) is 2.19. The van der Waals surface area contributed by atoms with Crippen molar-refractivity contribution in [2.75, 3.05) is 6.54 Å². The van der Waals surface area contributed by atoms with E-state index in [9.17, 15) is 10.1 Å². The summed E-state index contributed by atoms with van der Waals surface area (Å²) in [6.45, 7) is 0.489. The number of aromatic amines is 1. The van der Waals surface area contributed by atoms with Gasteiger partial charge in [0.1, 0.15) is 5.35 Å². The molecule has 4 rings (SSSR count). The Hall–Kier alpha value is -1.99. The number of nitrogens with zero attached hydrogens (tertiary/aromatic N) is 2. The van der Waals surface area contributed by atoms with Gasteiger partial charge in [0.05, 0.1) is 13.3 Å². The number of rotatable bonds is 3. The molecule has 2 aromatic rings. The Morgan fingerprint density at radius 1 is 1.42 bits per heavy atom. The van der Waals surface area contributed by atoms with Crippen LogP contribution in [0.2, 0.25) is 0 Å². The summed E-state index contributed by atoms with van der Waals surface area (Å²) < 4.78 is 16.7. The van der Waals surface area contributed by atoms with E-state index in [0.29, 0.717) is 32.2 Å². The molecule has 0 spiro atoms. The van der Waals surface area contributed by atoms with Crippen molar-refractivity contribution < 1.29 is 7.54 Å². The molecule has 4 nitrogen and oxygen atoms in total. The lowest BCUT2D eigenvalue weighted by atomic mass is 9.72. The van der Waals surface area contributed by atoms with E-state index in [4.69, 9.17) is 14.3 Å². The summed E-state index contributed by atoms with van der Waals surface area (Å²) in [7, 11) is 0. The smallest absolute Gasteiger partial charge is 0.241 e. The van der Waals surface area contributed by atoms with Gasteiger partial charge < -0.3 is 9.88 Å². The highest BCUT2D eigenvalue weighted by atomic mass is 35.5. The zero-order valence-electron chi connectivity index (χ0n) is 15.3. The lowest BCUT2D eigenvalue weighted by Gasteiger charge is -2.46. The Balaban J connectivity index is 1.57. The lowest BCUT2D eigenvalue weighted by molar-refractivity contribution is -0.140. The Labute approximate surface area is 149 Å². The molecule has 1 aromatic heterocycles. The molecule has 5 heteroatoms. The SMILES string of the molecule is [2H][C@]1(C#N)CC[C@@H]2C[C@H]1[C@]([2H])(Cl)C(=O)N2CCc1c[nH]c2ccccc12. The van der Waals surface area contributed by atoms with Crippen molar-refractivity contribution in [1.29, 1.82) is 5.26 Å². The van der Waals surface area contributed by atoms with Crippen LogP contribution in [0.5, 0.6) is 0 Å². The highest BCUT2D eigenvalue weighted by Crippen LogP contribution is 2.41. The van der Waals surface area contributed by atoms with Crippen molar-refractivity contribution in [2.45, 2.75) is 37.1 Å². The van der Waals surface area contributed by atoms with Crippen molar-refractivity contribution in [3.63, 3.8) is 0 Å². The first kappa shape index (κ1) is 13.3. The quantitative estimate of drug-likeness (QED) is 0.867. The normalized spacial score (nSPS) is 37.0. The first-order valence-electron chi connectivity index (χ1n) is 9.33. The molecule has 2 bridgehead atoms. The van der Waals surface area contributed by atoms with Crippen LogP contribution in [0, 0.1) is 23.1 Å². The number of H-pyrrole nitrogens is 1. The number of amides is 1. The van der Waals surface area contributed by atoms with Gasteiger partial charge in [0, 0.05) is 37.0 Å². The molecule has 2 heterocycles. The molecule has 0 unspecified atom stereocenters. The van der Waals surface area contributed by atoms with Crippen LogP contribution < -0.4 is 0 Å². The van der Waals surface area contributed by atoms with E-state index in [1.54, 1.807) is 4.90 Å². The molecule has 1 aliphatic heterocycles. The molecular formula is C19H20ClN3O. The van der Waals surface area contributed by atoms with Crippen LogP contribution in [0.3, 0.4) is 0 Å². The number of piperidine rings is 1. The van der Waals surface area contributed by atoms with Crippen LogP contribution in [0.4, 0.5) is 0 Å². The van der Waals surface area contributed by atoms with Gasteiger partial charge in [0.25, 0.3) is 0 Å². The zero-order valence-corrected chi connectivity index (χ0v) is 14.0. The van der Waals surface area contributed by atoms with Crippen LogP contribution in [-0.2, 0) is 11.2 Å². The molecule has 124 valence electrons. The number of carbonyl (C=O) groups excluding carboxylic acids is 1. The fourth-order valence-electron chi connectivity index (χ4n) is 4.02. The molecule has 1 N–H and O–H groups in total. The van der Waals surface area contributed by atoms with Gasteiger partial charge in [-0.3, -0.25) is 4.79 Å². The van der Waals surface area contributed by atoms with Gasteiger partial charge in [-0.15, -0.1) is 11.6 Å². The summed E-state index contributed by atoms with van der Waals surface area (Å²) >= 11 is 6.30. The fraction of sp³-hybridized carbons (Fsp3) is 0.474. The minimum atomic E-state index is -1.94. The average molecular weight is 344 g/mol. The third-order valence-electron chi connectivity index (χ3n) is 5.33. The molecule has 4 atom stereocenters. The number of para-hydroxylation sites is 1. The van der Waals surface area contributed by atoms with Gasteiger partial charge in [-0.25, -0.2) is 0 Å². The first-order valence-corrected chi connectivity index (χ1v) is 8.71. The van der Waals surface area contributed by atoms with Gasteiger partial charge in [-0.1, -0.05) is 18.2 Å². The number of hydrogen-bond acceptors (Lipinski definition) is 2. The number of aromatic nitrogens is 1. The molecule has 2 fully saturated rings. The van der Waals surface area contributed by atoms with Crippen LogP contribution in [0.25, 0.3) is 10.9 Å². The number of fused-ring (bicyclic) bond motifs is 3. The molecule has 1 amide bonds. The van der Waals surface area contributed by atoms with Crippen LogP contribution >= 0.6 is 11.6 Å². The summed E-state index contributed by atoms with van der Waals surface area (Å²) in [4.78, 5) is 17.8. The van der Waals surface area contributed by atoms with E-state index < -0.39 is 23.1 Å². The van der Waals surface area contributed by atoms with Crippen LogP contribution in [0.1, 0.15) is 27.6 Å². The first-order chi connectivity index (χ1) is 12.4. The largest absolute Gasteiger partial charge is 0.361 e. The molecule has 1 aliphatic carbocycles. The number of carbonyl (C=O) groups is 1. The highest BCUT2D eigenvalue weighted by molar-refractivity contribution is 6.31. The van der Waals surface area contributed by atoms with Crippen molar-refractivity contribution >= 4 is 28.4 Å². The number of nitrogens with one attached hydrogen (secondary N) is 1. The van der Waals surface area contributed by atoms with E-state index in [2.05, 4.69) is 4.98 Å². The Morgan fingerprint density at radius 3 is 3.08 bits per heavy atom. The summed E-state index contributed by atoms with van der Waals surface area (Å²) in [6, 6.07) is 9.97. The molecule has 1 saturated carbocycles. The van der Waals surface area contributed by atoms with Gasteiger partial charge in [-0.05, 0) is 37.3 Å². The van der Waals surface area contributed by atoms with Crippen LogP contribution in [-0.4, -0.2) is 33.7 Å². The molecule has 2 aliphatic rings. The van der Waals surface area contributed by atoms with Gasteiger partial charge >= 0.3 is 0 Å². The van der Waals surface area contributed by atoms with E-state index >= 15 is 0 Å². The number of benzene rings is 1. The monoisotopic (exact) mass is 343 g/mol. The van der Waals surface area contributed by atoms with Gasteiger partial charge in [0.2, 0.25) is 5.91 Å². The molecule has 1 aromatic carbocycles. The molecule has 0 radical (unpaired) electrons. The summed E-state index contributed by atoms with van der Waals surface area (Å²) in [5.74, 6) is -2.66. The molecule has 1 saturated heterocycles. The van der Waals surface area contributed by atoms with E-state index in [1.165, 1.54) is 0 Å². The van der Waals surface area contributed by atoms with Gasteiger partial charge in [0.15, 0.2) is 0 Å². The maximum atomic E-state index is 12.9. The summed E-state index contributed by atoms with van der Waals surface area (Å²) in [5, 5.41) is 8.57. The number of likely N-dealkylation sites (tertiary alicyclic amines) is 1. The summed E-state index contributed by atoms with van der Waals surface area (Å²) in [6.07, 6.45) is 4.04. The lowest BCUT2D eigenvalue weighted by Crippen LogP contribution is -2.56. The van der Waals surface area contributed by atoms with Crippen molar-refractivity contribution in [1.82, 2.24) is 9.88 Å². The van der Waals surface area contributed by atoms with Crippen molar-refractivity contribution in [3.05, 3.63) is 36.0 Å². The maximum Gasteiger partial charge on any atom is 0.241 e. The maximum absolute atomic E-state index is 12.9. The number of alkyl halides is 1. The van der Waals surface area contributed by atoms with Crippen molar-refractivity contribution in [3.8, 4) is 6.07 Å². The molecule has 24 heavy (non-hydrogen) atoms. The number of hydrogen-bond donors (Lipinski definition) is 1. The van der Waals surface area contributed by atoms with E-state index in [0.717, 1.165) is 16.5 Å². The second kappa shape index (κ2) is 6.14. The minimum absolute atomic E-state index is 0.0400. The predicted molar refractivity (Wildman–Crippen MR) is 93.6 cm³/mol. The predicted octanol–water partition coefficient (Wildman–Crippen LogP) is 3.47. The number of halogens is 1. The second-order valence-corrected chi connectivity index (χ2v) is 6.98. The van der Waals surface area contributed by atoms with E-state index in [-0.39, 0.29) is 6.04 Å². The molecular weight excluding hydrogens is 322 g/mol. The van der Waals surface area contributed by atoms with E-state index in [1.807, 2.05) is 36.5 Å². The number of nitriles is 1. The highest BCUT2D eigenvalue weighted by Gasteiger charge is 2.46. The Kier molecular flexibility index (Phi) is 3.41. The van der Waals surface area contributed by atoms with Crippen molar-refractivity contribution in [2.24, 2.45) is 11.8 Å². The second-order valence-electron chi connectivity index (χ2n) is 6.57. The third-order valence-corrected chi connectivity index (χ3v) is 5.75. The standard InChI is InChI=1S/C19H20ClN3O/c20-18-16-9-14(6-5-12(16)10-21)23(19(18)24)8-7-13-11-22-17-4-2-1-3-15(13)17/h1-4,11-12,14,16,18,22H,5-9H2/t12-,14-,16-,18+/m1/s1/i12D,18D. The topological polar surface area (TPSA) is 59.9 Å². The Morgan fingerprint density at radius 2 is 2.25 bits per heavy atom. The van der Waals surface area contributed by atoms with Gasteiger partial charge in [-0.2, -0.15) is 5.26 Å².